The fraction of sp³-hybridized carbons (Fsp3) is 0.467. The second-order valence-corrected chi connectivity index (χ2v) is 6.32. The van der Waals surface area contributed by atoms with Gasteiger partial charge in [0.1, 0.15) is 5.01 Å². The first-order valence-electron chi connectivity index (χ1n) is 6.71. The molecule has 0 aliphatic carbocycles. The molecule has 0 amide bonds. The van der Waals surface area contributed by atoms with E-state index in [9.17, 15) is 4.79 Å². The second kappa shape index (κ2) is 6.10. The van der Waals surface area contributed by atoms with E-state index in [1.54, 1.807) is 11.3 Å². The molecule has 0 aliphatic heterocycles. The van der Waals surface area contributed by atoms with Crippen molar-refractivity contribution in [3.8, 4) is 0 Å². The molecule has 2 aromatic heterocycles. The average molecular weight is 311 g/mol. The van der Waals surface area contributed by atoms with Crippen molar-refractivity contribution >= 4 is 28.7 Å². The van der Waals surface area contributed by atoms with Crippen LogP contribution in [0.1, 0.15) is 51.5 Å². The molecule has 1 atom stereocenters. The van der Waals surface area contributed by atoms with Crippen LogP contribution in [0, 0.1) is 13.8 Å². The summed E-state index contributed by atoms with van der Waals surface area (Å²) < 4.78 is 2.16. The quantitative estimate of drug-likeness (QED) is 0.614. The van der Waals surface area contributed by atoms with Gasteiger partial charge in [-0.1, -0.05) is 6.92 Å². The van der Waals surface area contributed by atoms with Gasteiger partial charge in [-0.15, -0.1) is 22.9 Å². The molecule has 0 spiro atoms. The van der Waals surface area contributed by atoms with Gasteiger partial charge in [-0.25, -0.2) is 4.98 Å². The number of thiazole rings is 1. The number of ketones is 1. The largest absolute Gasteiger partial charge is 0.339 e. The molecule has 0 radical (unpaired) electrons. The van der Waals surface area contributed by atoms with E-state index in [2.05, 4.69) is 23.4 Å². The highest BCUT2D eigenvalue weighted by Crippen LogP contribution is 2.28. The van der Waals surface area contributed by atoms with E-state index in [1.165, 1.54) is 4.88 Å². The highest BCUT2D eigenvalue weighted by Gasteiger charge is 2.20. The SMILES string of the molecule is CCc1cnc(C(C)n2c(C)cc(C(=O)CCl)c2C)s1. The first-order valence-corrected chi connectivity index (χ1v) is 8.06. The minimum absolute atomic E-state index is 0.0217. The first kappa shape index (κ1) is 15.3. The zero-order chi connectivity index (χ0) is 14.9. The van der Waals surface area contributed by atoms with E-state index in [0.717, 1.165) is 28.4 Å². The van der Waals surface area contributed by atoms with Crippen LogP contribution in [0.3, 0.4) is 0 Å². The average Bonchev–Trinajstić information content (AvgIpc) is 3.02. The molecule has 0 aromatic carbocycles. The van der Waals surface area contributed by atoms with Gasteiger partial charge in [0.25, 0.3) is 0 Å². The number of carbonyl (C=O) groups excluding carboxylic acids is 1. The number of alkyl halides is 1. The van der Waals surface area contributed by atoms with E-state index >= 15 is 0 Å². The Hall–Kier alpha value is -1.13. The zero-order valence-electron chi connectivity index (χ0n) is 12.2. The molecule has 3 nitrogen and oxygen atoms in total. The maximum Gasteiger partial charge on any atom is 0.179 e. The van der Waals surface area contributed by atoms with Gasteiger partial charge in [0.2, 0.25) is 0 Å². The molecular weight excluding hydrogens is 292 g/mol. The fourth-order valence-electron chi connectivity index (χ4n) is 2.52. The smallest absolute Gasteiger partial charge is 0.179 e. The summed E-state index contributed by atoms with van der Waals surface area (Å²) in [4.78, 5) is 17.6. The Kier molecular flexibility index (Phi) is 4.66. The van der Waals surface area contributed by atoms with Gasteiger partial charge in [-0.2, -0.15) is 0 Å². The number of halogens is 1. The fourth-order valence-corrected chi connectivity index (χ4v) is 3.56. The van der Waals surface area contributed by atoms with Crippen molar-refractivity contribution in [2.45, 2.75) is 40.2 Å². The van der Waals surface area contributed by atoms with Gasteiger partial charge in [0, 0.05) is 28.0 Å². The van der Waals surface area contributed by atoms with Crippen molar-refractivity contribution in [1.29, 1.82) is 0 Å². The molecule has 108 valence electrons. The Bertz CT molecular complexity index is 630. The van der Waals surface area contributed by atoms with Gasteiger partial charge in [0.05, 0.1) is 11.9 Å². The van der Waals surface area contributed by atoms with Crippen LogP contribution in [0.2, 0.25) is 0 Å². The van der Waals surface area contributed by atoms with Crippen LogP contribution in [0.15, 0.2) is 12.3 Å². The van der Waals surface area contributed by atoms with Crippen LogP contribution in [-0.4, -0.2) is 21.2 Å². The van der Waals surface area contributed by atoms with Crippen LogP contribution < -0.4 is 0 Å². The maximum absolute atomic E-state index is 11.9. The van der Waals surface area contributed by atoms with Crippen LogP contribution >= 0.6 is 22.9 Å². The summed E-state index contributed by atoms with van der Waals surface area (Å²) in [5.41, 5.74) is 2.75. The number of rotatable bonds is 5. The van der Waals surface area contributed by atoms with Crippen molar-refractivity contribution in [2.75, 3.05) is 5.88 Å². The van der Waals surface area contributed by atoms with Gasteiger partial charge in [-0.05, 0) is 33.3 Å². The lowest BCUT2D eigenvalue weighted by Crippen LogP contribution is -2.11. The first-order chi connectivity index (χ1) is 9.49. The lowest BCUT2D eigenvalue weighted by molar-refractivity contribution is 0.102. The topological polar surface area (TPSA) is 34.9 Å². The maximum atomic E-state index is 11.9. The number of nitrogens with zero attached hydrogens (tertiary/aromatic N) is 2. The number of hydrogen-bond acceptors (Lipinski definition) is 3. The van der Waals surface area contributed by atoms with Gasteiger partial charge in [0.15, 0.2) is 5.78 Å². The summed E-state index contributed by atoms with van der Waals surface area (Å²) in [6.45, 7) is 8.24. The normalized spacial score (nSPS) is 12.7. The molecule has 0 saturated carbocycles. The minimum atomic E-state index is -0.0217. The third-order valence-corrected chi connectivity index (χ3v) is 5.13. The minimum Gasteiger partial charge on any atom is -0.339 e. The van der Waals surface area contributed by atoms with Crippen LogP contribution in [-0.2, 0) is 6.42 Å². The molecule has 0 N–H and O–H groups in total. The standard InChI is InChI=1S/C15H19ClN2OS/c1-5-12-8-17-15(20-12)11(4)18-9(2)6-13(10(18)3)14(19)7-16/h6,8,11H,5,7H2,1-4H3. The van der Waals surface area contributed by atoms with E-state index in [0.29, 0.717) is 0 Å². The lowest BCUT2D eigenvalue weighted by atomic mass is 10.2. The monoisotopic (exact) mass is 310 g/mol. The predicted molar refractivity (Wildman–Crippen MR) is 84.3 cm³/mol. The Labute approximate surface area is 128 Å². The Balaban J connectivity index is 2.41. The molecule has 2 aromatic rings. The highest BCUT2D eigenvalue weighted by atomic mass is 35.5. The van der Waals surface area contributed by atoms with E-state index < -0.39 is 0 Å². The van der Waals surface area contributed by atoms with Crippen molar-refractivity contribution in [3.63, 3.8) is 0 Å². The summed E-state index contributed by atoms with van der Waals surface area (Å²) >= 11 is 7.40. The molecule has 0 fully saturated rings. The van der Waals surface area contributed by atoms with Crippen molar-refractivity contribution in [2.24, 2.45) is 0 Å². The zero-order valence-corrected chi connectivity index (χ0v) is 13.8. The third-order valence-electron chi connectivity index (χ3n) is 3.57. The number of carbonyl (C=O) groups is 1. The van der Waals surface area contributed by atoms with Gasteiger partial charge >= 0.3 is 0 Å². The molecule has 0 saturated heterocycles. The van der Waals surface area contributed by atoms with E-state index in [4.69, 9.17) is 11.6 Å². The van der Waals surface area contributed by atoms with Crippen molar-refractivity contribution in [1.82, 2.24) is 9.55 Å². The second-order valence-electron chi connectivity index (χ2n) is 4.91. The molecular formula is C15H19ClN2OS. The van der Waals surface area contributed by atoms with E-state index in [1.807, 2.05) is 26.1 Å². The summed E-state index contributed by atoms with van der Waals surface area (Å²) in [6.07, 6.45) is 2.94. The van der Waals surface area contributed by atoms with Crippen LogP contribution in [0.25, 0.3) is 0 Å². The Morgan fingerprint density at radius 2 is 2.20 bits per heavy atom. The van der Waals surface area contributed by atoms with Crippen LogP contribution in [0.4, 0.5) is 0 Å². The molecule has 0 bridgehead atoms. The molecule has 1 unspecified atom stereocenters. The predicted octanol–water partition coefficient (Wildman–Crippen LogP) is 4.15. The molecule has 20 heavy (non-hydrogen) atoms. The highest BCUT2D eigenvalue weighted by molar-refractivity contribution is 7.11. The summed E-state index contributed by atoms with van der Waals surface area (Å²) in [5, 5.41) is 1.08. The number of aryl methyl sites for hydroxylation is 2. The Morgan fingerprint density at radius 1 is 1.50 bits per heavy atom. The lowest BCUT2D eigenvalue weighted by Gasteiger charge is -2.16. The number of Topliss-reactive ketones (excluding diaryl/α,β-unsaturated/α-hetero) is 1. The molecule has 2 rings (SSSR count). The summed E-state index contributed by atoms with van der Waals surface area (Å²) in [6, 6.07) is 2.06. The van der Waals surface area contributed by atoms with E-state index in [-0.39, 0.29) is 17.7 Å². The van der Waals surface area contributed by atoms with Gasteiger partial charge in [-0.3, -0.25) is 4.79 Å². The Morgan fingerprint density at radius 3 is 2.75 bits per heavy atom. The van der Waals surface area contributed by atoms with Crippen molar-refractivity contribution < 1.29 is 4.79 Å². The molecule has 0 aliphatic rings. The van der Waals surface area contributed by atoms with Crippen LogP contribution in [0.5, 0.6) is 0 Å². The summed E-state index contributed by atoms with van der Waals surface area (Å²) in [7, 11) is 0. The number of aromatic nitrogens is 2. The number of hydrogen-bond donors (Lipinski definition) is 0. The third kappa shape index (κ3) is 2.67. The van der Waals surface area contributed by atoms with Crippen molar-refractivity contribution in [3.05, 3.63) is 39.1 Å². The molecule has 5 heteroatoms. The molecule has 2 heterocycles. The van der Waals surface area contributed by atoms with Gasteiger partial charge < -0.3 is 4.57 Å². The summed E-state index contributed by atoms with van der Waals surface area (Å²) in [5.74, 6) is 0.00206.